The number of aromatic nitrogens is 1. The van der Waals surface area contributed by atoms with Crippen LogP contribution in [0, 0.1) is 0 Å². The summed E-state index contributed by atoms with van der Waals surface area (Å²) in [6, 6.07) is 3.40. The van der Waals surface area contributed by atoms with Crippen LogP contribution in [0.3, 0.4) is 0 Å². The molecule has 0 bridgehead atoms. The Hall–Kier alpha value is -1.17. The van der Waals surface area contributed by atoms with E-state index in [1.165, 1.54) is 0 Å². The van der Waals surface area contributed by atoms with Crippen molar-refractivity contribution in [3.05, 3.63) is 29.0 Å². The van der Waals surface area contributed by atoms with E-state index in [-0.39, 0.29) is 17.7 Å². The summed E-state index contributed by atoms with van der Waals surface area (Å²) in [4.78, 5) is 20.0. The Balaban J connectivity index is 1.98. The molecule has 1 amide bonds. The monoisotopic (exact) mass is 269 g/mol. The zero-order chi connectivity index (χ0) is 13.0. The summed E-state index contributed by atoms with van der Waals surface area (Å²) in [5.41, 5.74) is 0.453. The zero-order valence-corrected chi connectivity index (χ0v) is 10.8. The quantitative estimate of drug-likeness (QED) is 0.812. The molecule has 1 aromatic rings. The minimum absolute atomic E-state index is 0.0725. The van der Waals surface area contributed by atoms with E-state index in [0.717, 1.165) is 13.1 Å². The van der Waals surface area contributed by atoms with E-state index in [9.17, 15) is 4.79 Å². The molecule has 1 aromatic heterocycles. The highest BCUT2D eigenvalue weighted by atomic mass is 35.5. The smallest absolute Gasteiger partial charge is 0.257 e. The van der Waals surface area contributed by atoms with Crippen molar-refractivity contribution in [2.45, 2.75) is 0 Å². The molecule has 0 unspecified atom stereocenters. The van der Waals surface area contributed by atoms with Crippen LogP contribution >= 0.6 is 11.6 Å². The average Bonchev–Trinajstić information content (AvgIpc) is 2.40. The third kappa shape index (κ3) is 2.98. The van der Waals surface area contributed by atoms with Gasteiger partial charge in [0.2, 0.25) is 0 Å². The molecule has 1 aliphatic rings. The van der Waals surface area contributed by atoms with Gasteiger partial charge in [0, 0.05) is 38.9 Å². The van der Waals surface area contributed by atoms with E-state index < -0.39 is 0 Å². The minimum atomic E-state index is -0.0725. The fourth-order valence-electron chi connectivity index (χ4n) is 2.03. The van der Waals surface area contributed by atoms with Gasteiger partial charge in [-0.2, -0.15) is 0 Å². The molecule has 1 aliphatic heterocycles. The number of pyridine rings is 1. The van der Waals surface area contributed by atoms with Crippen molar-refractivity contribution < 1.29 is 9.90 Å². The van der Waals surface area contributed by atoms with Crippen LogP contribution in [0.25, 0.3) is 0 Å². The lowest BCUT2D eigenvalue weighted by Gasteiger charge is -2.34. The number of hydrogen-bond acceptors (Lipinski definition) is 4. The molecule has 2 heterocycles. The number of halogens is 1. The molecule has 1 saturated heterocycles. The van der Waals surface area contributed by atoms with Crippen LogP contribution in [0.1, 0.15) is 10.4 Å². The number of piperazine rings is 1. The topological polar surface area (TPSA) is 56.7 Å². The van der Waals surface area contributed by atoms with Crippen molar-refractivity contribution >= 4 is 17.5 Å². The van der Waals surface area contributed by atoms with Crippen LogP contribution in [-0.2, 0) is 0 Å². The van der Waals surface area contributed by atoms with Gasteiger partial charge in [-0.25, -0.2) is 4.98 Å². The third-order valence-electron chi connectivity index (χ3n) is 3.07. The standard InChI is InChI=1S/C12H16ClN3O2/c13-11-10(2-1-3-14-11)12(18)16-6-4-15(5-7-16)8-9-17/h1-3,17H,4-9H2. The lowest BCUT2D eigenvalue weighted by Crippen LogP contribution is -2.49. The van der Waals surface area contributed by atoms with Gasteiger partial charge in [-0.3, -0.25) is 9.69 Å². The number of amides is 1. The predicted molar refractivity (Wildman–Crippen MR) is 68.7 cm³/mol. The second-order valence-corrected chi connectivity index (χ2v) is 4.56. The first-order chi connectivity index (χ1) is 8.72. The number of aliphatic hydroxyl groups is 1. The minimum Gasteiger partial charge on any atom is -0.395 e. The highest BCUT2D eigenvalue weighted by Gasteiger charge is 2.23. The maximum absolute atomic E-state index is 12.2. The van der Waals surface area contributed by atoms with Gasteiger partial charge in [0.15, 0.2) is 0 Å². The number of nitrogens with zero attached hydrogens (tertiary/aromatic N) is 3. The molecular formula is C12H16ClN3O2. The molecule has 0 radical (unpaired) electrons. The summed E-state index contributed by atoms with van der Waals surface area (Å²) in [5, 5.41) is 9.11. The molecule has 18 heavy (non-hydrogen) atoms. The van der Waals surface area contributed by atoms with Crippen LogP contribution in [0.2, 0.25) is 5.15 Å². The highest BCUT2D eigenvalue weighted by molar-refractivity contribution is 6.32. The van der Waals surface area contributed by atoms with Crippen molar-refractivity contribution in [1.82, 2.24) is 14.8 Å². The summed E-state index contributed by atoms with van der Waals surface area (Å²) in [7, 11) is 0. The lowest BCUT2D eigenvalue weighted by molar-refractivity contribution is 0.0615. The first-order valence-electron chi connectivity index (χ1n) is 5.95. The van der Waals surface area contributed by atoms with E-state index >= 15 is 0 Å². The van der Waals surface area contributed by atoms with Crippen LogP contribution in [0.15, 0.2) is 18.3 Å². The maximum Gasteiger partial charge on any atom is 0.257 e. The molecule has 2 rings (SSSR count). The third-order valence-corrected chi connectivity index (χ3v) is 3.37. The normalized spacial score (nSPS) is 16.9. The first kappa shape index (κ1) is 13.3. The number of aliphatic hydroxyl groups excluding tert-OH is 1. The van der Waals surface area contributed by atoms with E-state index in [0.29, 0.717) is 25.2 Å². The number of carbonyl (C=O) groups excluding carboxylic acids is 1. The SMILES string of the molecule is O=C(c1cccnc1Cl)N1CCN(CCO)CC1. The summed E-state index contributed by atoms with van der Waals surface area (Å²) in [6.45, 7) is 3.69. The van der Waals surface area contributed by atoms with Crippen molar-refractivity contribution in [3.8, 4) is 0 Å². The number of hydrogen-bond donors (Lipinski definition) is 1. The number of carbonyl (C=O) groups is 1. The average molecular weight is 270 g/mol. The summed E-state index contributed by atoms with van der Waals surface area (Å²) >= 11 is 5.91. The van der Waals surface area contributed by atoms with Gasteiger partial charge in [-0.05, 0) is 12.1 Å². The molecule has 0 spiro atoms. The Labute approximate surface area is 111 Å². The van der Waals surface area contributed by atoms with Gasteiger partial charge in [0.05, 0.1) is 12.2 Å². The van der Waals surface area contributed by atoms with Crippen molar-refractivity contribution in [2.24, 2.45) is 0 Å². The fraction of sp³-hybridized carbons (Fsp3) is 0.500. The molecule has 1 fully saturated rings. The molecule has 0 aromatic carbocycles. The summed E-state index contributed by atoms with van der Waals surface area (Å²) in [6.07, 6.45) is 1.57. The van der Waals surface area contributed by atoms with Crippen molar-refractivity contribution in [1.29, 1.82) is 0 Å². The van der Waals surface area contributed by atoms with E-state index in [4.69, 9.17) is 16.7 Å². The largest absolute Gasteiger partial charge is 0.395 e. The number of rotatable bonds is 3. The van der Waals surface area contributed by atoms with Crippen LogP contribution in [0.5, 0.6) is 0 Å². The Bertz CT molecular complexity index is 420. The van der Waals surface area contributed by atoms with Crippen molar-refractivity contribution in [3.63, 3.8) is 0 Å². The van der Waals surface area contributed by atoms with Gasteiger partial charge in [-0.1, -0.05) is 11.6 Å². The Morgan fingerprint density at radius 1 is 1.39 bits per heavy atom. The molecule has 6 heteroatoms. The zero-order valence-electron chi connectivity index (χ0n) is 10.0. The second-order valence-electron chi connectivity index (χ2n) is 4.20. The molecule has 98 valence electrons. The molecule has 5 nitrogen and oxygen atoms in total. The second kappa shape index (κ2) is 6.13. The molecule has 1 N–H and O–H groups in total. The van der Waals surface area contributed by atoms with E-state index in [1.54, 1.807) is 23.2 Å². The Morgan fingerprint density at radius 2 is 2.11 bits per heavy atom. The molecule has 0 atom stereocenters. The van der Waals surface area contributed by atoms with Gasteiger partial charge in [0.25, 0.3) is 5.91 Å². The first-order valence-corrected chi connectivity index (χ1v) is 6.33. The van der Waals surface area contributed by atoms with E-state index in [2.05, 4.69) is 9.88 Å². The van der Waals surface area contributed by atoms with Crippen molar-refractivity contribution in [2.75, 3.05) is 39.3 Å². The van der Waals surface area contributed by atoms with Crippen LogP contribution in [-0.4, -0.2) is 65.1 Å². The highest BCUT2D eigenvalue weighted by Crippen LogP contribution is 2.15. The maximum atomic E-state index is 12.2. The van der Waals surface area contributed by atoms with Crippen LogP contribution in [0.4, 0.5) is 0 Å². The molecule has 0 saturated carbocycles. The number of β-amino-alcohol motifs (C(OH)–C–C–N with tert-alkyl or cyclic N) is 1. The van der Waals surface area contributed by atoms with Gasteiger partial charge in [0.1, 0.15) is 5.15 Å². The Morgan fingerprint density at radius 3 is 2.72 bits per heavy atom. The van der Waals surface area contributed by atoms with Gasteiger partial charge < -0.3 is 10.0 Å². The summed E-state index contributed by atoms with van der Waals surface area (Å²) in [5.74, 6) is -0.0725. The molecular weight excluding hydrogens is 254 g/mol. The van der Waals surface area contributed by atoms with E-state index in [1.807, 2.05) is 0 Å². The fourth-order valence-corrected chi connectivity index (χ4v) is 2.23. The predicted octanol–water partition coefficient (Wildman–Crippen LogP) is 0.485. The summed E-state index contributed by atoms with van der Waals surface area (Å²) < 4.78 is 0. The Kier molecular flexibility index (Phi) is 4.52. The van der Waals surface area contributed by atoms with Crippen LogP contribution < -0.4 is 0 Å². The lowest BCUT2D eigenvalue weighted by atomic mass is 10.2. The molecule has 0 aliphatic carbocycles. The van der Waals surface area contributed by atoms with Gasteiger partial charge >= 0.3 is 0 Å². The van der Waals surface area contributed by atoms with Gasteiger partial charge in [-0.15, -0.1) is 0 Å².